The molecule has 5 nitrogen and oxygen atoms in total. The van der Waals surface area contributed by atoms with Crippen molar-refractivity contribution in [3.8, 4) is 0 Å². The number of halogens is 1. The predicted octanol–water partition coefficient (Wildman–Crippen LogP) is 2.28. The highest BCUT2D eigenvalue weighted by Crippen LogP contribution is 2.14. The molecule has 0 saturated heterocycles. The van der Waals surface area contributed by atoms with Gasteiger partial charge in [-0.25, -0.2) is 4.39 Å². The Morgan fingerprint density at radius 3 is 2.61 bits per heavy atom. The van der Waals surface area contributed by atoms with Crippen LogP contribution in [-0.4, -0.2) is 10.5 Å². The van der Waals surface area contributed by atoms with Crippen LogP contribution >= 0.6 is 0 Å². The van der Waals surface area contributed by atoms with Crippen LogP contribution in [0.5, 0.6) is 0 Å². The van der Waals surface area contributed by atoms with Gasteiger partial charge >= 0.3 is 0 Å². The van der Waals surface area contributed by atoms with Gasteiger partial charge in [-0.15, -0.1) is 0 Å². The Labute approximate surface area is 131 Å². The van der Waals surface area contributed by atoms with E-state index in [1.165, 1.54) is 35.0 Å². The number of pyridine rings is 1. The summed E-state index contributed by atoms with van der Waals surface area (Å²) in [6, 6.07) is 14.7. The largest absolute Gasteiger partial charge is 0.335 e. The van der Waals surface area contributed by atoms with Crippen LogP contribution in [0.15, 0.2) is 65.6 Å². The molecule has 0 fully saturated rings. The number of amides is 1. The molecule has 3 rings (SSSR count). The number of para-hydroxylation sites is 2. The standard InChI is InChI=1S/C17H14FN3O2/c18-14-8-4-7-13-15(22)9-10-21(17(13)14)11-16(23)20-19-12-5-2-1-3-6-12/h1-10,19H,11H2,(H,20,23). The Balaban J connectivity index is 1.80. The molecule has 0 aliphatic heterocycles. The van der Waals surface area contributed by atoms with Gasteiger partial charge in [0, 0.05) is 17.6 Å². The maximum atomic E-state index is 14.0. The van der Waals surface area contributed by atoms with Crippen molar-refractivity contribution in [1.29, 1.82) is 0 Å². The van der Waals surface area contributed by atoms with Gasteiger partial charge in [0.2, 0.25) is 0 Å². The van der Waals surface area contributed by atoms with E-state index in [0.717, 1.165) is 5.69 Å². The third kappa shape index (κ3) is 3.21. The van der Waals surface area contributed by atoms with Crippen LogP contribution in [0.2, 0.25) is 0 Å². The summed E-state index contributed by atoms with van der Waals surface area (Å²) < 4.78 is 15.4. The summed E-state index contributed by atoms with van der Waals surface area (Å²) in [5.41, 5.74) is 5.88. The molecule has 3 aromatic rings. The Morgan fingerprint density at radius 1 is 1.04 bits per heavy atom. The molecular formula is C17H14FN3O2. The Kier molecular flexibility index (Phi) is 4.05. The van der Waals surface area contributed by atoms with E-state index in [2.05, 4.69) is 10.9 Å². The minimum atomic E-state index is -0.538. The third-order valence-corrected chi connectivity index (χ3v) is 3.38. The zero-order chi connectivity index (χ0) is 16.2. The average molecular weight is 311 g/mol. The van der Waals surface area contributed by atoms with Crippen molar-refractivity contribution in [2.75, 3.05) is 5.43 Å². The summed E-state index contributed by atoms with van der Waals surface area (Å²) in [5.74, 6) is -0.897. The first-order chi connectivity index (χ1) is 11.1. The minimum Gasteiger partial charge on any atom is -0.335 e. The molecule has 6 heteroatoms. The van der Waals surface area contributed by atoms with Gasteiger partial charge in [-0.05, 0) is 24.3 Å². The molecule has 0 radical (unpaired) electrons. The van der Waals surface area contributed by atoms with Gasteiger partial charge < -0.3 is 4.57 Å². The summed E-state index contributed by atoms with van der Waals surface area (Å²) in [4.78, 5) is 23.8. The van der Waals surface area contributed by atoms with E-state index >= 15 is 0 Å². The van der Waals surface area contributed by atoms with Crippen molar-refractivity contribution in [2.24, 2.45) is 0 Å². The summed E-state index contributed by atoms with van der Waals surface area (Å²) in [6.45, 7) is -0.114. The molecule has 0 aliphatic carbocycles. The molecule has 116 valence electrons. The number of hydrogen-bond acceptors (Lipinski definition) is 3. The number of nitrogens with zero attached hydrogens (tertiary/aromatic N) is 1. The maximum absolute atomic E-state index is 14.0. The van der Waals surface area contributed by atoms with Gasteiger partial charge in [-0.3, -0.25) is 20.4 Å². The van der Waals surface area contributed by atoms with E-state index in [0.29, 0.717) is 0 Å². The van der Waals surface area contributed by atoms with E-state index in [-0.39, 0.29) is 28.8 Å². The van der Waals surface area contributed by atoms with Crippen LogP contribution in [0.4, 0.5) is 10.1 Å². The van der Waals surface area contributed by atoms with Crippen molar-refractivity contribution in [3.63, 3.8) is 0 Å². The molecule has 1 amide bonds. The molecule has 2 aromatic carbocycles. The Bertz CT molecular complexity index is 907. The molecule has 2 N–H and O–H groups in total. The number of carbonyl (C=O) groups is 1. The second-order valence-electron chi connectivity index (χ2n) is 4.98. The highest BCUT2D eigenvalue weighted by atomic mass is 19.1. The van der Waals surface area contributed by atoms with Gasteiger partial charge in [0.1, 0.15) is 12.4 Å². The number of nitrogens with one attached hydrogen (secondary N) is 2. The number of hydrogen-bond donors (Lipinski definition) is 2. The molecule has 0 aliphatic rings. The van der Waals surface area contributed by atoms with Crippen LogP contribution in [-0.2, 0) is 11.3 Å². The fraction of sp³-hybridized carbons (Fsp3) is 0.0588. The lowest BCUT2D eigenvalue weighted by molar-refractivity contribution is -0.121. The van der Waals surface area contributed by atoms with E-state index in [4.69, 9.17) is 0 Å². The molecule has 0 bridgehead atoms. The fourth-order valence-electron chi connectivity index (χ4n) is 2.32. The van der Waals surface area contributed by atoms with Gasteiger partial charge in [0.05, 0.1) is 11.2 Å². The lowest BCUT2D eigenvalue weighted by atomic mass is 10.2. The second kappa shape index (κ2) is 6.31. The number of anilines is 1. The van der Waals surface area contributed by atoms with Gasteiger partial charge in [-0.2, -0.15) is 0 Å². The fourth-order valence-corrected chi connectivity index (χ4v) is 2.32. The average Bonchev–Trinajstić information content (AvgIpc) is 2.57. The monoisotopic (exact) mass is 311 g/mol. The summed E-state index contributed by atoms with van der Waals surface area (Å²) >= 11 is 0. The summed E-state index contributed by atoms with van der Waals surface area (Å²) in [7, 11) is 0. The normalized spacial score (nSPS) is 10.5. The number of carbonyl (C=O) groups excluding carboxylic acids is 1. The van der Waals surface area contributed by atoms with E-state index in [1.54, 1.807) is 12.1 Å². The first-order valence-electron chi connectivity index (χ1n) is 7.03. The van der Waals surface area contributed by atoms with E-state index in [1.807, 2.05) is 18.2 Å². The van der Waals surface area contributed by atoms with Crippen molar-refractivity contribution < 1.29 is 9.18 Å². The second-order valence-corrected chi connectivity index (χ2v) is 4.98. The van der Waals surface area contributed by atoms with Crippen LogP contribution < -0.4 is 16.3 Å². The lowest BCUT2D eigenvalue weighted by Crippen LogP contribution is -2.32. The Morgan fingerprint density at radius 2 is 1.83 bits per heavy atom. The third-order valence-electron chi connectivity index (χ3n) is 3.38. The minimum absolute atomic E-state index is 0.114. The molecule has 23 heavy (non-hydrogen) atoms. The number of benzene rings is 2. The van der Waals surface area contributed by atoms with Crippen LogP contribution in [0.1, 0.15) is 0 Å². The van der Waals surface area contributed by atoms with Gasteiger partial charge in [0.15, 0.2) is 5.43 Å². The number of rotatable bonds is 4. The maximum Gasteiger partial charge on any atom is 0.258 e. The van der Waals surface area contributed by atoms with E-state index in [9.17, 15) is 14.0 Å². The first-order valence-corrected chi connectivity index (χ1v) is 7.03. The summed E-state index contributed by atoms with van der Waals surface area (Å²) in [6.07, 6.45) is 1.41. The molecule has 0 spiro atoms. The van der Waals surface area contributed by atoms with Gasteiger partial charge in [-0.1, -0.05) is 24.3 Å². The smallest absolute Gasteiger partial charge is 0.258 e. The molecule has 0 saturated carbocycles. The highest BCUT2D eigenvalue weighted by Gasteiger charge is 2.10. The highest BCUT2D eigenvalue weighted by molar-refractivity contribution is 5.83. The number of aromatic nitrogens is 1. The quantitative estimate of drug-likeness (QED) is 0.727. The summed E-state index contributed by atoms with van der Waals surface area (Å²) in [5, 5.41) is 0.247. The molecule has 0 atom stereocenters. The van der Waals surface area contributed by atoms with E-state index < -0.39 is 5.82 Å². The molecule has 1 heterocycles. The van der Waals surface area contributed by atoms with Gasteiger partial charge in [0.25, 0.3) is 5.91 Å². The van der Waals surface area contributed by atoms with Crippen molar-refractivity contribution in [2.45, 2.75) is 6.54 Å². The van der Waals surface area contributed by atoms with Crippen molar-refractivity contribution >= 4 is 22.5 Å². The van der Waals surface area contributed by atoms with Crippen molar-refractivity contribution in [1.82, 2.24) is 9.99 Å². The zero-order valence-corrected chi connectivity index (χ0v) is 12.1. The van der Waals surface area contributed by atoms with Crippen molar-refractivity contribution in [3.05, 3.63) is 76.8 Å². The Hall–Kier alpha value is -3.15. The topological polar surface area (TPSA) is 63.1 Å². The first kappa shape index (κ1) is 14.8. The van der Waals surface area contributed by atoms with Crippen LogP contribution in [0.3, 0.4) is 0 Å². The molecule has 1 aromatic heterocycles. The SMILES string of the molecule is O=C(Cn1ccc(=O)c2cccc(F)c21)NNc1ccccc1. The van der Waals surface area contributed by atoms with Crippen LogP contribution in [0.25, 0.3) is 10.9 Å². The lowest BCUT2D eigenvalue weighted by Gasteiger charge is -2.12. The molecule has 0 unspecified atom stereocenters. The predicted molar refractivity (Wildman–Crippen MR) is 86.4 cm³/mol. The van der Waals surface area contributed by atoms with Crippen LogP contribution in [0, 0.1) is 5.82 Å². The number of hydrazine groups is 1. The number of fused-ring (bicyclic) bond motifs is 1. The zero-order valence-electron chi connectivity index (χ0n) is 12.1. The molecular weight excluding hydrogens is 297 g/mol.